The van der Waals surface area contributed by atoms with E-state index in [0.29, 0.717) is 11.8 Å². The maximum absolute atomic E-state index is 12.0. The Morgan fingerprint density at radius 2 is 1.73 bits per heavy atom. The number of hydrogen-bond donors (Lipinski definition) is 1. The Balaban J connectivity index is 2.29. The second-order valence-corrected chi connectivity index (χ2v) is 4.67. The molecule has 0 saturated heterocycles. The Labute approximate surface area is 89.4 Å². The van der Waals surface area contributed by atoms with Gasteiger partial charge in [0.15, 0.2) is 0 Å². The number of halogens is 2. The molecule has 4 heteroatoms. The second kappa shape index (κ2) is 5.42. The van der Waals surface area contributed by atoms with Crippen LogP contribution in [-0.2, 0) is 4.79 Å². The summed E-state index contributed by atoms with van der Waals surface area (Å²) in [6, 6.07) is -0.0403. The molecular weight excluding hydrogens is 200 g/mol. The molecule has 1 fully saturated rings. The highest BCUT2D eigenvalue weighted by Crippen LogP contribution is 2.29. The van der Waals surface area contributed by atoms with Crippen molar-refractivity contribution in [3.8, 4) is 0 Å². The minimum atomic E-state index is -2.88. The van der Waals surface area contributed by atoms with Crippen molar-refractivity contribution in [1.82, 2.24) is 5.32 Å². The largest absolute Gasteiger partial charge is 0.348 e. The van der Waals surface area contributed by atoms with Crippen LogP contribution >= 0.6 is 0 Å². The van der Waals surface area contributed by atoms with Gasteiger partial charge in [-0.2, -0.15) is 8.78 Å². The van der Waals surface area contributed by atoms with Crippen molar-refractivity contribution < 1.29 is 13.6 Å². The van der Waals surface area contributed by atoms with E-state index in [-0.39, 0.29) is 6.04 Å². The molecule has 0 heterocycles. The van der Waals surface area contributed by atoms with E-state index in [0.717, 1.165) is 25.7 Å². The van der Waals surface area contributed by atoms with Gasteiger partial charge in [-0.3, -0.25) is 4.79 Å². The number of carbonyl (C=O) groups excluding carboxylic acids is 1. The molecule has 88 valence electrons. The Kier molecular flexibility index (Phi) is 4.48. The molecule has 0 radical (unpaired) electrons. The summed E-state index contributed by atoms with van der Waals surface area (Å²) in [5.41, 5.74) is 0. The zero-order chi connectivity index (χ0) is 11.4. The van der Waals surface area contributed by atoms with Crippen molar-refractivity contribution in [2.75, 3.05) is 0 Å². The highest BCUT2D eigenvalue weighted by molar-refractivity contribution is 5.79. The molecule has 1 aliphatic carbocycles. The van der Waals surface area contributed by atoms with Crippen LogP contribution in [0, 0.1) is 11.8 Å². The van der Waals surface area contributed by atoms with Gasteiger partial charge >= 0.3 is 6.43 Å². The first kappa shape index (κ1) is 12.4. The maximum atomic E-state index is 12.0. The number of hydrogen-bond acceptors (Lipinski definition) is 1. The Hall–Kier alpha value is -0.670. The van der Waals surface area contributed by atoms with Gasteiger partial charge in [0.25, 0.3) is 5.91 Å². The summed E-state index contributed by atoms with van der Waals surface area (Å²) in [6.45, 7) is 4.37. The van der Waals surface area contributed by atoms with Crippen LogP contribution in [0.15, 0.2) is 0 Å². The van der Waals surface area contributed by atoms with E-state index >= 15 is 0 Å². The standard InChI is InChI=1S/C11H19F2NO/c1-7(2)8-3-5-9(6-4-8)14-11(15)10(12)13/h7-10H,3-6H2,1-2H3,(H,14,15)/t8-,9-. The minimum absolute atomic E-state index is 0.0403. The normalized spacial score (nSPS) is 27.1. The maximum Gasteiger partial charge on any atom is 0.315 e. The molecule has 0 spiro atoms. The molecule has 1 N–H and O–H groups in total. The molecule has 1 aliphatic rings. The fourth-order valence-electron chi connectivity index (χ4n) is 2.19. The van der Waals surface area contributed by atoms with E-state index in [2.05, 4.69) is 19.2 Å². The average molecular weight is 219 g/mol. The average Bonchev–Trinajstić information content (AvgIpc) is 2.18. The third kappa shape index (κ3) is 3.76. The Morgan fingerprint density at radius 3 is 2.13 bits per heavy atom. The fraction of sp³-hybridized carbons (Fsp3) is 0.909. The lowest BCUT2D eigenvalue weighted by molar-refractivity contribution is -0.132. The quantitative estimate of drug-likeness (QED) is 0.776. The highest BCUT2D eigenvalue weighted by atomic mass is 19.3. The van der Waals surface area contributed by atoms with Crippen molar-refractivity contribution >= 4 is 5.91 Å². The highest BCUT2D eigenvalue weighted by Gasteiger charge is 2.26. The first-order valence-electron chi connectivity index (χ1n) is 5.59. The van der Waals surface area contributed by atoms with Crippen molar-refractivity contribution in [2.45, 2.75) is 52.0 Å². The van der Waals surface area contributed by atoms with Gasteiger partial charge in [-0.1, -0.05) is 13.8 Å². The van der Waals surface area contributed by atoms with E-state index in [1.807, 2.05) is 0 Å². The summed E-state index contributed by atoms with van der Waals surface area (Å²) in [4.78, 5) is 10.8. The predicted molar refractivity (Wildman–Crippen MR) is 54.7 cm³/mol. The molecule has 0 atom stereocenters. The summed E-state index contributed by atoms with van der Waals surface area (Å²) in [7, 11) is 0. The lowest BCUT2D eigenvalue weighted by Crippen LogP contribution is -2.41. The van der Waals surface area contributed by atoms with E-state index in [1.54, 1.807) is 0 Å². The zero-order valence-electron chi connectivity index (χ0n) is 9.30. The van der Waals surface area contributed by atoms with Crippen molar-refractivity contribution in [3.05, 3.63) is 0 Å². The predicted octanol–water partition coefficient (Wildman–Crippen LogP) is 2.58. The molecule has 2 nitrogen and oxygen atoms in total. The van der Waals surface area contributed by atoms with Crippen LogP contribution in [0.3, 0.4) is 0 Å². The summed E-state index contributed by atoms with van der Waals surface area (Å²) >= 11 is 0. The number of amides is 1. The number of nitrogens with one attached hydrogen (secondary N) is 1. The minimum Gasteiger partial charge on any atom is -0.348 e. The van der Waals surface area contributed by atoms with Gasteiger partial charge in [-0.05, 0) is 37.5 Å². The Morgan fingerprint density at radius 1 is 1.20 bits per heavy atom. The lowest BCUT2D eigenvalue weighted by atomic mass is 9.80. The van der Waals surface area contributed by atoms with Gasteiger partial charge < -0.3 is 5.32 Å². The zero-order valence-corrected chi connectivity index (χ0v) is 9.30. The van der Waals surface area contributed by atoms with Crippen molar-refractivity contribution in [3.63, 3.8) is 0 Å². The van der Waals surface area contributed by atoms with E-state index in [9.17, 15) is 13.6 Å². The molecule has 1 amide bonds. The van der Waals surface area contributed by atoms with Gasteiger partial charge in [0.2, 0.25) is 0 Å². The third-order valence-electron chi connectivity index (χ3n) is 3.26. The topological polar surface area (TPSA) is 29.1 Å². The molecule has 0 aromatic rings. The van der Waals surface area contributed by atoms with E-state index < -0.39 is 12.3 Å². The van der Waals surface area contributed by atoms with Gasteiger partial charge in [-0.15, -0.1) is 0 Å². The van der Waals surface area contributed by atoms with Gasteiger partial charge in [0, 0.05) is 6.04 Å². The molecule has 0 aliphatic heterocycles. The summed E-state index contributed by atoms with van der Waals surface area (Å²) in [5.74, 6) is 0.212. The monoisotopic (exact) mass is 219 g/mol. The van der Waals surface area contributed by atoms with Crippen LogP contribution in [-0.4, -0.2) is 18.4 Å². The summed E-state index contributed by atoms with van der Waals surface area (Å²) in [5, 5.41) is 2.39. The number of alkyl halides is 2. The van der Waals surface area contributed by atoms with Crippen LogP contribution in [0.25, 0.3) is 0 Å². The number of rotatable bonds is 3. The van der Waals surface area contributed by atoms with Crippen LogP contribution < -0.4 is 5.32 Å². The molecule has 1 rings (SSSR count). The molecular formula is C11H19F2NO. The van der Waals surface area contributed by atoms with Gasteiger partial charge in [-0.25, -0.2) is 0 Å². The van der Waals surface area contributed by atoms with Gasteiger partial charge in [0.1, 0.15) is 0 Å². The first-order valence-corrected chi connectivity index (χ1v) is 5.59. The van der Waals surface area contributed by atoms with Crippen LogP contribution in [0.1, 0.15) is 39.5 Å². The molecule has 0 aromatic heterocycles. The van der Waals surface area contributed by atoms with Gasteiger partial charge in [0.05, 0.1) is 0 Å². The SMILES string of the molecule is CC(C)[C@H]1CC[C@H](NC(=O)C(F)F)CC1. The summed E-state index contributed by atoms with van der Waals surface area (Å²) < 4.78 is 24.0. The molecule has 1 saturated carbocycles. The van der Waals surface area contributed by atoms with Crippen molar-refractivity contribution in [2.24, 2.45) is 11.8 Å². The smallest absolute Gasteiger partial charge is 0.315 e. The van der Waals surface area contributed by atoms with Crippen LogP contribution in [0.2, 0.25) is 0 Å². The Bertz CT molecular complexity index is 211. The fourth-order valence-corrected chi connectivity index (χ4v) is 2.19. The molecule has 0 unspecified atom stereocenters. The molecule has 15 heavy (non-hydrogen) atoms. The summed E-state index contributed by atoms with van der Waals surface area (Å²) in [6.07, 6.45) is 0.855. The number of carbonyl (C=O) groups is 1. The van der Waals surface area contributed by atoms with E-state index in [1.165, 1.54) is 0 Å². The third-order valence-corrected chi connectivity index (χ3v) is 3.26. The first-order chi connectivity index (χ1) is 7.00. The second-order valence-electron chi connectivity index (χ2n) is 4.67. The molecule has 0 aromatic carbocycles. The lowest BCUT2D eigenvalue weighted by Gasteiger charge is -2.31. The van der Waals surface area contributed by atoms with Crippen LogP contribution in [0.5, 0.6) is 0 Å². The van der Waals surface area contributed by atoms with Crippen LogP contribution in [0.4, 0.5) is 8.78 Å². The van der Waals surface area contributed by atoms with Crippen molar-refractivity contribution in [1.29, 1.82) is 0 Å². The molecule has 0 bridgehead atoms. The van der Waals surface area contributed by atoms with E-state index in [4.69, 9.17) is 0 Å².